The first-order chi connectivity index (χ1) is 8.97. The number of anilines is 1. The highest BCUT2D eigenvalue weighted by atomic mass is 19.4. The Morgan fingerprint density at radius 2 is 2.05 bits per heavy atom. The largest absolute Gasteiger partial charge is 0.411 e. The van der Waals surface area contributed by atoms with Gasteiger partial charge in [0.1, 0.15) is 18.5 Å². The van der Waals surface area contributed by atoms with Crippen LogP contribution in [0.25, 0.3) is 11.2 Å². The van der Waals surface area contributed by atoms with Gasteiger partial charge in [-0.3, -0.25) is 0 Å². The molecule has 2 aromatic heterocycles. The van der Waals surface area contributed by atoms with E-state index < -0.39 is 12.8 Å². The molecular formula is C10H12F3N5O. The molecule has 2 N–H and O–H groups in total. The maximum atomic E-state index is 11.8. The first-order valence-corrected chi connectivity index (χ1v) is 5.53. The van der Waals surface area contributed by atoms with E-state index in [4.69, 9.17) is 5.73 Å². The highest BCUT2D eigenvalue weighted by Crippen LogP contribution is 2.16. The second-order valence-electron chi connectivity index (χ2n) is 3.89. The van der Waals surface area contributed by atoms with Crippen LogP contribution in [0.15, 0.2) is 12.7 Å². The second kappa shape index (κ2) is 5.39. The molecule has 0 saturated heterocycles. The van der Waals surface area contributed by atoms with Gasteiger partial charge >= 0.3 is 6.18 Å². The minimum atomic E-state index is -4.29. The van der Waals surface area contributed by atoms with Crippen molar-refractivity contribution in [2.24, 2.45) is 0 Å². The third kappa shape index (κ3) is 3.53. The summed E-state index contributed by atoms with van der Waals surface area (Å²) in [5.74, 6) is 0.275. The van der Waals surface area contributed by atoms with Gasteiger partial charge < -0.3 is 15.0 Å². The Labute approximate surface area is 106 Å². The summed E-state index contributed by atoms with van der Waals surface area (Å²) in [4.78, 5) is 11.9. The van der Waals surface area contributed by atoms with Crippen molar-refractivity contribution in [1.82, 2.24) is 19.5 Å². The predicted octanol–water partition coefficient (Wildman–Crippen LogP) is 1.38. The Bertz CT molecular complexity index is 554. The highest BCUT2D eigenvalue weighted by molar-refractivity contribution is 5.80. The molecule has 19 heavy (non-hydrogen) atoms. The number of aryl methyl sites for hydroxylation is 1. The van der Waals surface area contributed by atoms with E-state index in [1.165, 1.54) is 12.7 Å². The maximum absolute atomic E-state index is 11.8. The lowest BCUT2D eigenvalue weighted by Gasteiger charge is -2.07. The molecule has 0 radical (unpaired) electrons. The van der Waals surface area contributed by atoms with Crippen LogP contribution >= 0.6 is 0 Å². The first kappa shape index (κ1) is 13.5. The molecule has 0 atom stereocenters. The Hall–Kier alpha value is -1.90. The summed E-state index contributed by atoms with van der Waals surface area (Å²) in [5, 5.41) is 0. The summed E-state index contributed by atoms with van der Waals surface area (Å²) in [6.07, 6.45) is -1.02. The number of hydrogen-bond acceptors (Lipinski definition) is 5. The van der Waals surface area contributed by atoms with Crippen LogP contribution in [0.2, 0.25) is 0 Å². The van der Waals surface area contributed by atoms with Crippen molar-refractivity contribution in [1.29, 1.82) is 0 Å². The number of fused-ring (bicyclic) bond motifs is 1. The summed E-state index contributed by atoms with van der Waals surface area (Å²) in [6.45, 7) is -0.767. The summed E-state index contributed by atoms with van der Waals surface area (Å²) in [6, 6.07) is 0. The molecule has 0 aliphatic carbocycles. The van der Waals surface area contributed by atoms with E-state index in [1.54, 1.807) is 4.57 Å². The standard InChI is InChI=1S/C10H12F3N5O/c11-10(12,13)4-19-3-1-2-18-6-17-7-8(14)15-5-16-9(7)18/h5-6H,1-4H2,(H2,14,15,16). The molecule has 2 heterocycles. The molecule has 2 aromatic rings. The van der Waals surface area contributed by atoms with E-state index in [-0.39, 0.29) is 12.4 Å². The third-order valence-corrected chi connectivity index (χ3v) is 2.38. The van der Waals surface area contributed by atoms with Crippen LogP contribution in [0.5, 0.6) is 0 Å². The smallest absolute Gasteiger partial charge is 0.382 e. The van der Waals surface area contributed by atoms with Gasteiger partial charge in [-0.2, -0.15) is 13.2 Å². The van der Waals surface area contributed by atoms with Crippen LogP contribution in [0, 0.1) is 0 Å². The fourth-order valence-corrected chi connectivity index (χ4v) is 1.59. The summed E-state index contributed by atoms with van der Waals surface area (Å²) in [5.41, 5.74) is 6.66. The molecule has 0 amide bonds. The number of imidazole rings is 1. The molecule has 0 aliphatic rings. The Morgan fingerprint density at radius 1 is 1.26 bits per heavy atom. The number of hydrogen-bond donors (Lipinski definition) is 1. The van der Waals surface area contributed by atoms with Crippen LogP contribution in [0.1, 0.15) is 6.42 Å². The summed E-state index contributed by atoms with van der Waals surface area (Å²) >= 11 is 0. The van der Waals surface area contributed by atoms with Gasteiger partial charge in [-0.05, 0) is 6.42 Å². The maximum Gasteiger partial charge on any atom is 0.411 e. The monoisotopic (exact) mass is 275 g/mol. The predicted molar refractivity (Wildman–Crippen MR) is 61.2 cm³/mol. The van der Waals surface area contributed by atoms with Gasteiger partial charge in [0.05, 0.1) is 6.33 Å². The number of nitrogen functional groups attached to an aromatic ring is 1. The number of alkyl halides is 3. The topological polar surface area (TPSA) is 78.9 Å². The van der Waals surface area contributed by atoms with Crippen molar-refractivity contribution in [2.75, 3.05) is 18.9 Å². The fraction of sp³-hybridized carbons (Fsp3) is 0.500. The molecule has 0 aromatic carbocycles. The van der Waals surface area contributed by atoms with Crippen molar-refractivity contribution >= 4 is 17.0 Å². The molecule has 2 rings (SSSR count). The van der Waals surface area contributed by atoms with E-state index in [1.807, 2.05) is 0 Å². The van der Waals surface area contributed by atoms with Gasteiger partial charge in [0, 0.05) is 13.2 Å². The first-order valence-electron chi connectivity index (χ1n) is 5.53. The minimum Gasteiger partial charge on any atom is -0.382 e. The van der Waals surface area contributed by atoms with Crippen LogP contribution in [-0.4, -0.2) is 38.9 Å². The third-order valence-electron chi connectivity index (χ3n) is 2.38. The Morgan fingerprint density at radius 3 is 2.79 bits per heavy atom. The van der Waals surface area contributed by atoms with E-state index in [2.05, 4.69) is 19.7 Å². The van der Waals surface area contributed by atoms with Crippen LogP contribution in [-0.2, 0) is 11.3 Å². The average molecular weight is 275 g/mol. The zero-order valence-corrected chi connectivity index (χ0v) is 9.89. The molecule has 6 nitrogen and oxygen atoms in total. The van der Waals surface area contributed by atoms with Gasteiger partial charge in [-0.1, -0.05) is 0 Å². The van der Waals surface area contributed by atoms with E-state index in [0.29, 0.717) is 24.1 Å². The number of nitrogens with two attached hydrogens (primary N) is 1. The van der Waals surface area contributed by atoms with E-state index >= 15 is 0 Å². The van der Waals surface area contributed by atoms with Crippen molar-refractivity contribution in [3.63, 3.8) is 0 Å². The van der Waals surface area contributed by atoms with Gasteiger partial charge in [0.15, 0.2) is 11.5 Å². The average Bonchev–Trinajstić information content (AvgIpc) is 2.72. The van der Waals surface area contributed by atoms with Crippen LogP contribution < -0.4 is 5.73 Å². The zero-order valence-electron chi connectivity index (χ0n) is 9.89. The SMILES string of the molecule is Nc1ncnc2c1ncn2CCCOCC(F)(F)F. The lowest BCUT2D eigenvalue weighted by molar-refractivity contribution is -0.174. The lowest BCUT2D eigenvalue weighted by atomic mass is 10.4. The van der Waals surface area contributed by atoms with Gasteiger partial charge in [0.2, 0.25) is 0 Å². The Balaban J connectivity index is 1.87. The van der Waals surface area contributed by atoms with Crippen molar-refractivity contribution in [2.45, 2.75) is 19.1 Å². The van der Waals surface area contributed by atoms with E-state index in [9.17, 15) is 13.2 Å². The lowest BCUT2D eigenvalue weighted by Crippen LogP contribution is -2.17. The number of nitrogens with zero attached hydrogens (tertiary/aromatic N) is 4. The molecule has 0 unspecified atom stereocenters. The molecule has 0 saturated carbocycles. The summed E-state index contributed by atoms with van der Waals surface area (Å²) < 4.78 is 41.7. The van der Waals surface area contributed by atoms with Crippen molar-refractivity contribution in [3.8, 4) is 0 Å². The second-order valence-corrected chi connectivity index (χ2v) is 3.89. The van der Waals surface area contributed by atoms with E-state index in [0.717, 1.165) is 0 Å². The fourth-order valence-electron chi connectivity index (χ4n) is 1.59. The number of rotatable bonds is 5. The normalized spacial score (nSPS) is 12.2. The highest BCUT2D eigenvalue weighted by Gasteiger charge is 2.27. The van der Waals surface area contributed by atoms with Gasteiger partial charge in [0.25, 0.3) is 0 Å². The summed E-state index contributed by atoms with van der Waals surface area (Å²) in [7, 11) is 0. The van der Waals surface area contributed by atoms with Crippen LogP contribution in [0.3, 0.4) is 0 Å². The number of ether oxygens (including phenoxy) is 1. The van der Waals surface area contributed by atoms with Gasteiger partial charge in [-0.25, -0.2) is 15.0 Å². The van der Waals surface area contributed by atoms with Gasteiger partial charge in [-0.15, -0.1) is 0 Å². The number of halogens is 3. The molecule has 9 heteroatoms. The quantitative estimate of drug-likeness (QED) is 0.834. The van der Waals surface area contributed by atoms with Crippen LogP contribution in [0.4, 0.5) is 19.0 Å². The molecule has 0 fully saturated rings. The molecular weight excluding hydrogens is 263 g/mol. The molecule has 104 valence electrons. The molecule has 0 spiro atoms. The molecule has 0 aliphatic heterocycles. The molecule has 0 bridgehead atoms. The minimum absolute atomic E-state index is 0.0136. The van der Waals surface area contributed by atoms with Crippen molar-refractivity contribution < 1.29 is 17.9 Å². The van der Waals surface area contributed by atoms with Crippen molar-refractivity contribution in [3.05, 3.63) is 12.7 Å². The number of aromatic nitrogens is 4. The zero-order chi connectivity index (χ0) is 13.9. The Kier molecular flexibility index (Phi) is 3.84.